The van der Waals surface area contributed by atoms with Gasteiger partial charge in [0, 0.05) is 35.5 Å². The number of sulfonamides is 1. The molecule has 2 aromatic carbocycles. The largest absolute Gasteiger partial charge is 0.492 e. The van der Waals surface area contributed by atoms with Gasteiger partial charge in [0.05, 0.1) is 13.2 Å². The first-order chi connectivity index (χ1) is 17.1. The van der Waals surface area contributed by atoms with E-state index in [1.165, 1.54) is 4.90 Å². The maximum Gasteiger partial charge on any atom is 0.266 e. The van der Waals surface area contributed by atoms with E-state index in [0.717, 1.165) is 9.87 Å². The summed E-state index contributed by atoms with van der Waals surface area (Å²) >= 11 is 3.34. The molecule has 1 unspecified atom stereocenters. The number of primary amides is 1. The van der Waals surface area contributed by atoms with Crippen LogP contribution < -0.4 is 10.5 Å². The van der Waals surface area contributed by atoms with Crippen LogP contribution in [-0.4, -0.2) is 80.4 Å². The fourth-order valence-corrected chi connectivity index (χ4v) is 6.12. The number of amides is 2. The van der Waals surface area contributed by atoms with Crippen molar-refractivity contribution in [2.45, 2.75) is 17.9 Å². The Morgan fingerprint density at radius 1 is 1.25 bits per heavy atom. The Hall–Kier alpha value is -2.93. The van der Waals surface area contributed by atoms with Crippen LogP contribution in [0.4, 0.5) is 0 Å². The van der Waals surface area contributed by atoms with Crippen LogP contribution in [0, 0.1) is 6.92 Å². The number of aromatic amines is 1. The molecular weight excluding hydrogens is 552 g/mol. The van der Waals surface area contributed by atoms with Crippen LogP contribution in [0.15, 0.2) is 51.8 Å². The lowest BCUT2D eigenvalue weighted by atomic mass is 10.2. The molecule has 4 rings (SSSR count). The molecule has 0 spiro atoms. The van der Waals surface area contributed by atoms with Gasteiger partial charge in [-0.3, -0.25) is 9.59 Å². The predicted molar refractivity (Wildman–Crippen MR) is 137 cm³/mol. The molecule has 0 bridgehead atoms. The predicted octanol–water partition coefficient (Wildman–Crippen LogP) is 2.26. The number of carbonyl (C=O) groups is 2. The highest BCUT2D eigenvalue weighted by molar-refractivity contribution is 9.10. The minimum absolute atomic E-state index is 0.0291. The molecule has 0 aliphatic carbocycles. The molecule has 10 nitrogen and oxygen atoms in total. The number of hydrogen-bond donors (Lipinski definition) is 2. The van der Waals surface area contributed by atoms with E-state index in [1.54, 1.807) is 25.2 Å². The van der Waals surface area contributed by atoms with Crippen LogP contribution in [0.1, 0.15) is 16.1 Å². The molecule has 1 saturated heterocycles. The van der Waals surface area contributed by atoms with Gasteiger partial charge >= 0.3 is 0 Å². The number of nitrogens with one attached hydrogen (secondary N) is 1. The van der Waals surface area contributed by atoms with Crippen LogP contribution in [0.5, 0.6) is 5.75 Å². The molecule has 1 fully saturated rings. The Balaban J connectivity index is 1.48. The molecule has 2 heterocycles. The number of nitrogens with two attached hydrogens (primary N) is 1. The van der Waals surface area contributed by atoms with Crippen molar-refractivity contribution < 1.29 is 27.5 Å². The van der Waals surface area contributed by atoms with Gasteiger partial charge in [-0.2, -0.15) is 4.31 Å². The molecule has 0 radical (unpaired) electrons. The second kappa shape index (κ2) is 10.6. The molecule has 1 atom stereocenters. The van der Waals surface area contributed by atoms with Crippen LogP contribution in [0.2, 0.25) is 0 Å². The lowest BCUT2D eigenvalue weighted by Crippen LogP contribution is -2.52. The van der Waals surface area contributed by atoms with Crippen molar-refractivity contribution in [3.8, 4) is 5.75 Å². The van der Waals surface area contributed by atoms with Crippen LogP contribution in [0.25, 0.3) is 10.9 Å². The van der Waals surface area contributed by atoms with Crippen molar-refractivity contribution in [2.75, 3.05) is 39.9 Å². The summed E-state index contributed by atoms with van der Waals surface area (Å²) in [4.78, 5) is 29.1. The summed E-state index contributed by atoms with van der Waals surface area (Å²) in [5.74, 6) is -0.558. The highest BCUT2D eigenvalue weighted by Crippen LogP contribution is 2.32. The third-order valence-corrected chi connectivity index (χ3v) is 8.40. The van der Waals surface area contributed by atoms with Gasteiger partial charge in [0.2, 0.25) is 10.0 Å². The van der Waals surface area contributed by atoms with E-state index >= 15 is 0 Å². The first-order valence-electron chi connectivity index (χ1n) is 11.2. The van der Waals surface area contributed by atoms with E-state index in [0.29, 0.717) is 27.7 Å². The molecule has 0 saturated carbocycles. The van der Waals surface area contributed by atoms with Gasteiger partial charge in [-0.15, -0.1) is 0 Å². The van der Waals surface area contributed by atoms with Crippen molar-refractivity contribution in [1.82, 2.24) is 14.2 Å². The average Bonchev–Trinajstić information content (AvgIpc) is 3.24. The fourth-order valence-electron chi connectivity index (χ4n) is 3.99. The average molecular weight is 579 g/mol. The molecule has 2 amide bonds. The van der Waals surface area contributed by atoms with Gasteiger partial charge < -0.3 is 25.1 Å². The van der Waals surface area contributed by atoms with Gasteiger partial charge in [-0.1, -0.05) is 33.6 Å². The van der Waals surface area contributed by atoms with Gasteiger partial charge in [0.1, 0.15) is 29.0 Å². The van der Waals surface area contributed by atoms with E-state index in [9.17, 15) is 18.0 Å². The molecule has 1 aliphatic rings. The minimum Gasteiger partial charge on any atom is -0.492 e. The van der Waals surface area contributed by atoms with Gasteiger partial charge in [-0.25, -0.2) is 8.42 Å². The molecular formula is C24H27BrN4O6S. The lowest BCUT2D eigenvalue weighted by Gasteiger charge is -2.33. The van der Waals surface area contributed by atoms with E-state index in [2.05, 4.69) is 20.9 Å². The third-order valence-electron chi connectivity index (χ3n) is 5.95. The number of carbonyl (C=O) groups excluding carboxylic acids is 2. The molecule has 3 aromatic rings. The zero-order chi connectivity index (χ0) is 26.0. The number of aromatic nitrogens is 1. The molecule has 1 aliphatic heterocycles. The highest BCUT2D eigenvalue weighted by atomic mass is 79.9. The molecule has 12 heteroatoms. The fraction of sp³-hybridized carbons (Fsp3) is 0.333. The number of halogens is 1. The number of likely N-dealkylation sites (N-methyl/N-ethyl adjacent to an activating group) is 1. The molecule has 1 aromatic heterocycles. The van der Waals surface area contributed by atoms with Crippen LogP contribution >= 0.6 is 15.9 Å². The Morgan fingerprint density at radius 3 is 2.67 bits per heavy atom. The normalized spacial score (nSPS) is 16.7. The highest BCUT2D eigenvalue weighted by Gasteiger charge is 2.38. The number of morpholine rings is 1. The Morgan fingerprint density at radius 2 is 1.97 bits per heavy atom. The van der Waals surface area contributed by atoms with Crippen molar-refractivity contribution in [1.29, 1.82) is 0 Å². The number of nitrogens with zero attached hydrogens (tertiary/aromatic N) is 2. The van der Waals surface area contributed by atoms with Crippen molar-refractivity contribution in [3.63, 3.8) is 0 Å². The van der Waals surface area contributed by atoms with E-state index < -0.39 is 22.0 Å². The van der Waals surface area contributed by atoms with Crippen molar-refractivity contribution in [3.05, 3.63) is 58.2 Å². The lowest BCUT2D eigenvalue weighted by molar-refractivity contribution is -0.146. The summed E-state index contributed by atoms with van der Waals surface area (Å²) in [5, 5.41) is 0.331. The number of fused-ring (bicyclic) bond motifs is 1. The SMILES string of the molecule is Cc1ccc(OCCN(C)C(=O)C2CN(S(=O)(=O)c3c(C(N)=O)[nH]c4ccc(Br)cc34)CCO2)cc1. The first-order valence-corrected chi connectivity index (χ1v) is 13.5. The van der Waals surface area contributed by atoms with E-state index in [-0.39, 0.29) is 42.8 Å². The number of H-pyrrole nitrogens is 1. The summed E-state index contributed by atoms with van der Waals surface area (Å²) in [5.41, 5.74) is 6.86. The topological polar surface area (TPSA) is 135 Å². The number of ether oxygens (including phenoxy) is 2. The standard InChI is InChI=1S/C24H27BrN4O6S/c1-15-3-6-17(7-4-15)34-11-9-28(2)24(31)20-14-29(10-12-35-20)36(32,33)22-18-13-16(25)5-8-19(18)27-21(22)23(26)30/h3-8,13,20,27H,9-12,14H2,1-2H3,(H2,26,30). The maximum absolute atomic E-state index is 13.7. The van der Waals surface area contributed by atoms with Gasteiger partial charge in [-0.05, 0) is 37.3 Å². The monoisotopic (exact) mass is 578 g/mol. The van der Waals surface area contributed by atoms with Crippen LogP contribution in [-0.2, 0) is 19.6 Å². The molecule has 192 valence electrons. The number of rotatable bonds is 8. The molecule has 36 heavy (non-hydrogen) atoms. The first kappa shape index (κ1) is 26.1. The van der Waals surface area contributed by atoms with Gasteiger partial charge in [0.25, 0.3) is 11.8 Å². The van der Waals surface area contributed by atoms with Crippen molar-refractivity contribution >= 4 is 48.7 Å². The van der Waals surface area contributed by atoms with E-state index in [1.807, 2.05) is 31.2 Å². The number of benzene rings is 2. The zero-order valence-corrected chi connectivity index (χ0v) is 22.3. The number of aryl methyl sites for hydroxylation is 1. The van der Waals surface area contributed by atoms with E-state index in [4.69, 9.17) is 15.2 Å². The third kappa shape index (κ3) is 5.41. The maximum atomic E-state index is 13.7. The second-order valence-corrected chi connectivity index (χ2v) is 11.3. The Kier molecular flexibility index (Phi) is 7.69. The van der Waals surface area contributed by atoms with Crippen LogP contribution in [0.3, 0.4) is 0 Å². The quantitative estimate of drug-likeness (QED) is 0.421. The summed E-state index contributed by atoms with van der Waals surface area (Å²) in [6.45, 7) is 2.42. The summed E-state index contributed by atoms with van der Waals surface area (Å²) in [6.07, 6.45) is -0.994. The summed E-state index contributed by atoms with van der Waals surface area (Å²) < 4.78 is 40.5. The second-order valence-electron chi connectivity index (χ2n) is 8.53. The molecule has 3 N–H and O–H groups in total. The smallest absolute Gasteiger partial charge is 0.266 e. The summed E-state index contributed by atoms with van der Waals surface area (Å²) in [6, 6.07) is 12.6. The van der Waals surface area contributed by atoms with Gasteiger partial charge in [0.15, 0.2) is 0 Å². The minimum atomic E-state index is -4.18. The zero-order valence-electron chi connectivity index (χ0n) is 19.9. The summed E-state index contributed by atoms with van der Waals surface area (Å²) in [7, 11) is -2.57. The number of hydrogen-bond acceptors (Lipinski definition) is 6. The van der Waals surface area contributed by atoms with Crippen molar-refractivity contribution in [2.24, 2.45) is 5.73 Å². The Labute approximate surface area is 217 Å². The Bertz CT molecular complexity index is 1390.